The molecule has 8 nitrogen and oxygen atoms in total. The van der Waals surface area contributed by atoms with Gasteiger partial charge in [-0.25, -0.2) is 13.4 Å². The summed E-state index contributed by atoms with van der Waals surface area (Å²) >= 11 is 5.76. The number of allylic oxidation sites excluding steroid dienone is 1. The van der Waals surface area contributed by atoms with E-state index in [1.54, 1.807) is 6.92 Å². The zero-order valence-corrected chi connectivity index (χ0v) is 20.0. The highest BCUT2D eigenvalue weighted by Gasteiger charge is 2.56. The second-order valence-electron chi connectivity index (χ2n) is 7.69. The molecule has 1 unspecified atom stereocenters. The van der Waals surface area contributed by atoms with Crippen LogP contribution in [0.4, 0.5) is 13.2 Å². The van der Waals surface area contributed by atoms with Gasteiger partial charge in [-0.2, -0.15) is 13.2 Å². The molecular weight excluding hydrogens is 495 g/mol. The van der Waals surface area contributed by atoms with Gasteiger partial charge in [0.2, 0.25) is 0 Å². The van der Waals surface area contributed by atoms with E-state index in [2.05, 4.69) is 26.9 Å². The zero-order chi connectivity index (χ0) is 25.3. The highest BCUT2D eigenvalue weighted by molar-refractivity contribution is 7.91. The molecule has 1 atom stereocenters. The number of amides is 1. The number of rotatable bonds is 7. The fraction of sp³-hybridized carbons (Fsp3) is 0.429. The molecule has 1 saturated heterocycles. The van der Waals surface area contributed by atoms with Gasteiger partial charge >= 0.3 is 6.18 Å². The predicted octanol–water partition coefficient (Wildman–Crippen LogP) is 3.56. The van der Waals surface area contributed by atoms with Crippen LogP contribution < -0.4 is 5.32 Å². The maximum absolute atomic E-state index is 14.0. The van der Waals surface area contributed by atoms with Crippen molar-refractivity contribution < 1.29 is 26.4 Å². The summed E-state index contributed by atoms with van der Waals surface area (Å²) in [5.74, 6) is -2.47. The maximum atomic E-state index is 14.0. The third kappa shape index (κ3) is 5.66. The number of nitrogens with one attached hydrogen (secondary N) is 1. The minimum absolute atomic E-state index is 0.0419. The van der Waals surface area contributed by atoms with Crippen LogP contribution in [0, 0.1) is 5.92 Å². The van der Waals surface area contributed by atoms with E-state index in [0.717, 1.165) is 0 Å². The summed E-state index contributed by atoms with van der Waals surface area (Å²) in [5, 5.41) is 2.44. The number of aromatic nitrogens is 1. The van der Waals surface area contributed by atoms with Crippen molar-refractivity contribution in [2.75, 3.05) is 5.75 Å². The van der Waals surface area contributed by atoms with E-state index in [4.69, 9.17) is 11.6 Å². The Morgan fingerprint density at radius 1 is 1.41 bits per heavy atom. The summed E-state index contributed by atoms with van der Waals surface area (Å²) in [5.41, 5.74) is 0.446. The van der Waals surface area contributed by atoms with Crippen LogP contribution in [0.1, 0.15) is 32.4 Å². The predicted molar refractivity (Wildman–Crippen MR) is 122 cm³/mol. The minimum atomic E-state index is -4.70. The topological polar surface area (TPSA) is 104 Å². The Kier molecular flexibility index (Phi) is 7.51. The van der Waals surface area contributed by atoms with E-state index in [0.29, 0.717) is 23.4 Å². The van der Waals surface area contributed by atoms with Crippen molar-refractivity contribution in [2.24, 2.45) is 15.9 Å². The van der Waals surface area contributed by atoms with Crippen LogP contribution in [0.2, 0.25) is 0 Å². The SMILES string of the molecule is C=C(Cl)N=C1/C(=C\C)NC(=NCc2ccc(S(=O)(=O)CC)cn2)C(=O)N1C(C1CC1)C(F)(F)F. The first-order valence-electron chi connectivity index (χ1n) is 10.4. The third-order valence-electron chi connectivity index (χ3n) is 5.28. The number of halogens is 4. The van der Waals surface area contributed by atoms with Crippen LogP contribution in [0.5, 0.6) is 0 Å². The molecular formula is C21H23ClF3N5O3S. The first kappa shape index (κ1) is 25.9. The van der Waals surface area contributed by atoms with Crippen LogP contribution in [-0.4, -0.2) is 53.9 Å². The number of sulfone groups is 1. The summed E-state index contributed by atoms with van der Waals surface area (Å²) in [7, 11) is -3.44. The fourth-order valence-electron chi connectivity index (χ4n) is 3.42. The number of alkyl halides is 3. The van der Waals surface area contributed by atoms with Crippen molar-refractivity contribution in [1.29, 1.82) is 0 Å². The lowest BCUT2D eigenvalue weighted by Gasteiger charge is -2.38. The van der Waals surface area contributed by atoms with Gasteiger partial charge in [-0.3, -0.25) is 19.7 Å². The van der Waals surface area contributed by atoms with E-state index in [1.807, 2.05) is 0 Å². The number of carbonyl (C=O) groups excluding carboxylic acids is 1. The van der Waals surface area contributed by atoms with E-state index >= 15 is 0 Å². The van der Waals surface area contributed by atoms with Crippen molar-refractivity contribution in [3.05, 3.63) is 47.5 Å². The molecule has 1 amide bonds. The molecule has 2 fully saturated rings. The molecule has 13 heteroatoms. The molecule has 1 aliphatic carbocycles. The highest BCUT2D eigenvalue weighted by atomic mass is 35.5. The van der Waals surface area contributed by atoms with E-state index in [1.165, 1.54) is 31.3 Å². The Hall–Kier alpha value is -2.73. The molecule has 1 aromatic rings. The number of carbonyl (C=O) groups is 1. The normalized spacial score (nSPS) is 21.8. The molecule has 0 bridgehead atoms. The molecule has 0 spiro atoms. The molecule has 1 aromatic heterocycles. The van der Waals surface area contributed by atoms with Gasteiger partial charge in [-0.1, -0.05) is 31.2 Å². The summed E-state index contributed by atoms with van der Waals surface area (Å²) in [6.07, 6.45) is -1.42. The highest BCUT2D eigenvalue weighted by Crippen LogP contribution is 2.44. The first-order valence-corrected chi connectivity index (χ1v) is 12.4. The Morgan fingerprint density at radius 2 is 2.09 bits per heavy atom. The molecule has 3 rings (SSSR count). The number of piperazine rings is 1. The Balaban J connectivity index is 1.97. The molecule has 1 saturated carbocycles. The van der Waals surface area contributed by atoms with Crippen LogP contribution in [0.3, 0.4) is 0 Å². The molecule has 2 heterocycles. The molecule has 0 radical (unpaired) electrons. The van der Waals surface area contributed by atoms with Gasteiger partial charge in [0.1, 0.15) is 11.2 Å². The lowest BCUT2D eigenvalue weighted by molar-refractivity contribution is -0.182. The largest absolute Gasteiger partial charge is 0.409 e. The van der Waals surface area contributed by atoms with E-state index in [9.17, 15) is 26.4 Å². The molecule has 34 heavy (non-hydrogen) atoms. The van der Waals surface area contributed by atoms with Crippen LogP contribution in [0.15, 0.2) is 56.7 Å². The minimum Gasteiger partial charge on any atom is -0.333 e. The zero-order valence-electron chi connectivity index (χ0n) is 18.4. The summed E-state index contributed by atoms with van der Waals surface area (Å²) in [6.45, 7) is 6.31. The molecule has 1 aliphatic heterocycles. The molecule has 1 N–H and O–H groups in total. The van der Waals surface area contributed by atoms with Gasteiger partial charge in [-0.15, -0.1) is 0 Å². The molecule has 2 aliphatic rings. The number of hydrogen-bond acceptors (Lipinski definition) is 6. The van der Waals surface area contributed by atoms with Crippen molar-refractivity contribution in [2.45, 2.75) is 50.3 Å². The van der Waals surface area contributed by atoms with Gasteiger partial charge in [0, 0.05) is 6.20 Å². The second kappa shape index (κ2) is 9.87. The number of nitrogens with zero attached hydrogens (tertiary/aromatic N) is 4. The van der Waals surface area contributed by atoms with Crippen molar-refractivity contribution in [3.8, 4) is 0 Å². The Bertz CT molecular complexity index is 1170. The summed E-state index contributed by atoms with van der Waals surface area (Å²) in [4.78, 5) is 25.9. The number of amidine groups is 2. The van der Waals surface area contributed by atoms with Crippen LogP contribution >= 0.6 is 11.6 Å². The number of hydrogen-bond donors (Lipinski definition) is 1. The smallest absolute Gasteiger partial charge is 0.333 e. The van der Waals surface area contributed by atoms with Crippen molar-refractivity contribution in [3.63, 3.8) is 0 Å². The standard InChI is InChI=1S/C21H23ClF3N5O3S/c1-4-16-19(28-12(3)22)30(17(13-6-7-13)21(23,24)25)20(31)18(29-16)27-10-14-8-9-15(11-26-14)34(32,33)5-2/h4,8-9,11,13,17H,3,5-7,10H2,1-2H3,(H,27,29)/b16-4+,28-19?. The van der Waals surface area contributed by atoms with Crippen LogP contribution in [-0.2, 0) is 21.2 Å². The first-order chi connectivity index (χ1) is 15.9. The van der Waals surface area contributed by atoms with Gasteiger partial charge in [-0.05, 0) is 37.8 Å². The lowest BCUT2D eigenvalue weighted by Crippen LogP contribution is -2.62. The number of aliphatic imine (C=N–C) groups is 2. The third-order valence-corrected chi connectivity index (χ3v) is 7.08. The lowest BCUT2D eigenvalue weighted by atomic mass is 10.1. The van der Waals surface area contributed by atoms with Gasteiger partial charge in [0.25, 0.3) is 5.91 Å². The van der Waals surface area contributed by atoms with Gasteiger partial charge in [0.15, 0.2) is 21.5 Å². The fourth-order valence-corrected chi connectivity index (χ4v) is 4.33. The van der Waals surface area contributed by atoms with E-state index in [-0.39, 0.29) is 39.7 Å². The quantitative estimate of drug-likeness (QED) is 0.557. The molecule has 0 aromatic carbocycles. The second-order valence-corrected chi connectivity index (χ2v) is 10.4. The monoisotopic (exact) mass is 517 g/mol. The van der Waals surface area contributed by atoms with Gasteiger partial charge < -0.3 is 5.32 Å². The van der Waals surface area contributed by atoms with Gasteiger partial charge in [0.05, 0.1) is 28.6 Å². The molecule has 184 valence electrons. The Morgan fingerprint density at radius 3 is 2.56 bits per heavy atom. The maximum Gasteiger partial charge on any atom is 0.409 e. The average Bonchev–Trinajstić information content (AvgIpc) is 3.59. The summed E-state index contributed by atoms with van der Waals surface area (Å²) in [6, 6.07) is 0.709. The Labute approximate surface area is 200 Å². The average molecular weight is 518 g/mol. The van der Waals surface area contributed by atoms with Crippen LogP contribution in [0.25, 0.3) is 0 Å². The summed E-state index contributed by atoms with van der Waals surface area (Å²) < 4.78 is 65.9. The van der Waals surface area contributed by atoms with E-state index < -0.39 is 33.9 Å². The number of pyridine rings is 1. The van der Waals surface area contributed by atoms with Crippen molar-refractivity contribution in [1.82, 2.24) is 15.2 Å². The van der Waals surface area contributed by atoms with Crippen molar-refractivity contribution >= 4 is 39.0 Å².